The van der Waals surface area contributed by atoms with Crippen molar-refractivity contribution in [3.8, 4) is 0 Å². The molecular weight excluding hydrogens is 332 g/mol. The minimum atomic E-state index is -0.845. The predicted octanol–water partition coefficient (Wildman–Crippen LogP) is 2.61. The maximum absolute atomic E-state index is 12.4. The topological polar surface area (TPSA) is 84.5 Å². The zero-order chi connectivity index (χ0) is 18.9. The summed E-state index contributed by atoms with van der Waals surface area (Å²) in [7, 11) is 0. The van der Waals surface area contributed by atoms with Gasteiger partial charge in [-0.15, -0.1) is 0 Å². The quantitative estimate of drug-likeness (QED) is 0.749. The number of nitrogens with one attached hydrogen (secondary N) is 2. The molecule has 0 bridgehead atoms. The molecule has 1 unspecified atom stereocenters. The highest BCUT2D eigenvalue weighted by Crippen LogP contribution is 2.15. The molecule has 0 aromatic heterocycles. The minimum Gasteiger partial charge on any atom is -0.464 e. The van der Waals surface area contributed by atoms with Crippen molar-refractivity contribution in [2.75, 3.05) is 11.9 Å². The first-order valence-corrected chi connectivity index (χ1v) is 8.37. The van der Waals surface area contributed by atoms with Gasteiger partial charge in [-0.1, -0.05) is 42.5 Å². The van der Waals surface area contributed by atoms with Crippen LogP contribution in [0.4, 0.5) is 5.69 Å². The van der Waals surface area contributed by atoms with Gasteiger partial charge in [-0.2, -0.15) is 0 Å². The Labute approximate surface area is 152 Å². The number of carbonyl (C=O) groups is 3. The van der Waals surface area contributed by atoms with Gasteiger partial charge in [-0.05, 0) is 30.2 Å². The summed E-state index contributed by atoms with van der Waals surface area (Å²) in [6, 6.07) is 15.1. The van der Waals surface area contributed by atoms with Crippen molar-refractivity contribution in [3.05, 3.63) is 65.7 Å². The SMILES string of the molecule is CCOC(=O)C(NC(=O)Cc1ccc(NC(C)=O)cc1)c1ccccc1. The molecular formula is C20H22N2O4. The molecule has 26 heavy (non-hydrogen) atoms. The number of esters is 1. The zero-order valence-corrected chi connectivity index (χ0v) is 14.8. The molecule has 0 heterocycles. The van der Waals surface area contributed by atoms with E-state index in [9.17, 15) is 14.4 Å². The van der Waals surface area contributed by atoms with Crippen molar-refractivity contribution in [2.24, 2.45) is 0 Å². The fraction of sp³-hybridized carbons (Fsp3) is 0.250. The molecule has 2 rings (SSSR count). The lowest BCUT2D eigenvalue weighted by Gasteiger charge is -2.17. The number of carbonyl (C=O) groups excluding carboxylic acids is 3. The Morgan fingerprint density at radius 1 is 1.00 bits per heavy atom. The highest BCUT2D eigenvalue weighted by atomic mass is 16.5. The van der Waals surface area contributed by atoms with Gasteiger partial charge >= 0.3 is 5.97 Å². The molecule has 0 fully saturated rings. The maximum atomic E-state index is 12.4. The van der Waals surface area contributed by atoms with E-state index in [-0.39, 0.29) is 24.8 Å². The molecule has 136 valence electrons. The highest BCUT2D eigenvalue weighted by molar-refractivity contribution is 5.89. The monoisotopic (exact) mass is 354 g/mol. The van der Waals surface area contributed by atoms with Gasteiger partial charge < -0.3 is 15.4 Å². The molecule has 0 radical (unpaired) electrons. The van der Waals surface area contributed by atoms with Crippen LogP contribution in [-0.2, 0) is 25.5 Å². The van der Waals surface area contributed by atoms with Crippen molar-refractivity contribution in [3.63, 3.8) is 0 Å². The molecule has 2 amide bonds. The van der Waals surface area contributed by atoms with Crippen LogP contribution in [0.5, 0.6) is 0 Å². The smallest absolute Gasteiger partial charge is 0.333 e. The summed E-state index contributed by atoms with van der Waals surface area (Å²) in [5, 5.41) is 5.40. The van der Waals surface area contributed by atoms with E-state index in [0.29, 0.717) is 11.3 Å². The lowest BCUT2D eigenvalue weighted by atomic mass is 10.1. The molecule has 6 nitrogen and oxygen atoms in total. The summed E-state index contributed by atoms with van der Waals surface area (Å²) in [6.07, 6.45) is 0.114. The number of anilines is 1. The van der Waals surface area contributed by atoms with E-state index in [0.717, 1.165) is 5.56 Å². The molecule has 2 aromatic carbocycles. The van der Waals surface area contributed by atoms with E-state index in [1.807, 2.05) is 6.07 Å². The molecule has 0 aliphatic heterocycles. The average molecular weight is 354 g/mol. The minimum absolute atomic E-state index is 0.114. The fourth-order valence-electron chi connectivity index (χ4n) is 2.46. The molecule has 0 aliphatic carbocycles. The largest absolute Gasteiger partial charge is 0.464 e. The average Bonchev–Trinajstić information content (AvgIpc) is 2.62. The summed E-state index contributed by atoms with van der Waals surface area (Å²) in [6.45, 7) is 3.39. The third kappa shape index (κ3) is 5.73. The molecule has 6 heteroatoms. The van der Waals surface area contributed by atoms with Crippen LogP contribution in [0, 0.1) is 0 Å². The molecule has 0 aliphatic rings. The Balaban J connectivity index is 2.04. The van der Waals surface area contributed by atoms with E-state index in [2.05, 4.69) is 10.6 Å². The number of hydrogen-bond donors (Lipinski definition) is 2. The van der Waals surface area contributed by atoms with Gasteiger partial charge in [-0.3, -0.25) is 9.59 Å². The van der Waals surface area contributed by atoms with Crippen molar-refractivity contribution >= 4 is 23.5 Å². The second kappa shape index (κ2) is 9.36. The van der Waals surface area contributed by atoms with Gasteiger partial charge in [0, 0.05) is 12.6 Å². The summed E-state index contributed by atoms with van der Waals surface area (Å²) >= 11 is 0. The second-order valence-electron chi connectivity index (χ2n) is 5.72. The molecule has 0 saturated carbocycles. The Morgan fingerprint density at radius 2 is 1.65 bits per heavy atom. The maximum Gasteiger partial charge on any atom is 0.333 e. The summed E-state index contributed by atoms with van der Waals surface area (Å²) in [4.78, 5) is 35.6. The van der Waals surface area contributed by atoms with Crippen LogP contribution < -0.4 is 10.6 Å². The van der Waals surface area contributed by atoms with E-state index < -0.39 is 12.0 Å². The lowest BCUT2D eigenvalue weighted by molar-refractivity contribution is -0.147. The Bertz CT molecular complexity index is 757. The first-order valence-electron chi connectivity index (χ1n) is 8.37. The van der Waals surface area contributed by atoms with Crippen molar-refractivity contribution in [1.29, 1.82) is 0 Å². The number of benzene rings is 2. The fourth-order valence-corrected chi connectivity index (χ4v) is 2.46. The van der Waals surface area contributed by atoms with E-state index >= 15 is 0 Å². The van der Waals surface area contributed by atoms with Crippen LogP contribution in [0.3, 0.4) is 0 Å². The van der Waals surface area contributed by atoms with Crippen LogP contribution in [0.25, 0.3) is 0 Å². The summed E-state index contributed by atoms with van der Waals surface area (Å²) in [5.41, 5.74) is 2.10. The van der Waals surface area contributed by atoms with Gasteiger partial charge in [0.1, 0.15) is 0 Å². The predicted molar refractivity (Wildman–Crippen MR) is 98.4 cm³/mol. The standard InChI is InChI=1S/C20H22N2O4/c1-3-26-20(25)19(16-7-5-4-6-8-16)22-18(24)13-15-9-11-17(12-10-15)21-14(2)23/h4-12,19H,3,13H2,1-2H3,(H,21,23)(H,22,24). The van der Waals surface area contributed by atoms with Crippen molar-refractivity contribution in [2.45, 2.75) is 26.3 Å². The first kappa shape index (κ1) is 19.2. The molecule has 2 N–H and O–H groups in total. The number of ether oxygens (including phenoxy) is 1. The molecule has 0 saturated heterocycles. The van der Waals surface area contributed by atoms with E-state index in [1.54, 1.807) is 55.5 Å². The summed E-state index contributed by atoms with van der Waals surface area (Å²) < 4.78 is 5.07. The van der Waals surface area contributed by atoms with Gasteiger partial charge in [0.05, 0.1) is 13.0 Å². The number of rotatable bonds is 7. The molecule has 2 aromatic rings. The van der Waals surface area contributed by atoms with Crippen molar-refractivity contribution in [1.82, 2.24) is 5.32 Å². The van der Waals surface area contributed by atoms with Gasteiger partial charge in [0.25, 0.3) is 0 Å². The lowest BCUT2D eigenvalue weighted by Crippen LogP contribution is -2.35. The van der Waals surface area contributed by atoms with E-state index in [1.165, 1.54) is 6.92 Å². The molecule has 0 spiro atoms. The zero-order valence-electron chi connectivity index (χ0n) is 14.8. The Hall–Kier alpha value is -3.15. The van der Waals surface area contributed by atoms with Crippen LogP contribution in [0.2, 0.25) is 0 Å². The Kier molecular flexibility index (Phi) is 6.91. The van der Waals surface area contributed by atoms with Gasteiger partial charge in [0.2, 0.25) is 11.8 Å². The van der Waals surface area contributed by atoms with Gasteiger partial charge in [0.15, 0.2) is 6.04 Å². The van der Waals surface area contributed by atoms with Crippen LogP contribution in [0.1, 0.15) is 31.0 Å². The van der Waals surface area contributed by atoms with Crippen molar-refractivity contribution < 1.29 is 19.1 Å². The third-order valence-electron chi connectivity index (χ3n) is 3.60. The first-order chi connectivity index (χ1) is 12.5. The number of amides is 2. The van der Waals surface area contributed by atoms with Crippen LogP contribution in [-0.4, -0.2) is 24.4 Å². The molecule has 1 atom stereocenters. The Morgan fingerprint density at radius 3 is 2.23 bits per heavy atom. The summed E-state index contributed by atoms with van der Waals surface area (Å²) in [5.74, 6) is -0.942. The highest BCUT2D eigenvalue weighted by Gasteiger charge is 2.23. The van der Waals surface area contributed by atoms with Crippen LogP contribution >= 0.6 is 0 Å². The second-order valence-corrected chi connectivity index (χ2v) is 5.72. The van der Waals surface area contributed by atoms with Crippen LogP contribution in [0.15, 0.2) is 54.6 Å². The number of hydrogen-bond acceptors (Lipinski definition) is 4. The van der Waals surface area contributed by atoms with E-state index in [4.69, 9.17) is 4.74 Å². The normalized spacial score (nSPS) is 11.3. The van der Waals surface area contributed by atoms with Gasteiger partial charge in [-0.25, -0.2) is 4.79 Å². The third-order valence-corrected chi connectivity index (χ3v) is 3.60.